The first kappa shape index (κ1) is 17.8. The zero-order valence-corrected chi connectivity index (χ0v) is 15.4. The number of methoxy groups -OCH3 is 1. The Morgan fingerprint density at radius 2 is 2.28 bits per heavy atom. The summed E-state index contributed by atoms with van der Waals surface area (Å²) in [7, 11) is 3.69. The molecule has 25 heavy (non-hydrogen) atoms. The Bertz CT molecular complexity index is 686. The predicted octanol–water partition coefficient (Wildman–Crippen LogP) is 1.96. The van der Waals surface area contributed by atoms with E-state index in [4.69, 9.17) is 4.74 Å². The summed E-state index contributed by atoms with van der Waals surface area (Å²) in [4.78, 5) is 11.5. The third kappa shape index (κ3) is 4.76. The Balaban J connectivity index is 1.52. The van der Waals surface area contributed by atoms with Gasteiger partial charge in [-0.3, -0.25) is 4.68 Å². The van der Waals surface area contributed by atoms with Crippen molar-refractivity contribution in [3.8, 4) is 11.3 Å². The van der Waals surface area contributed by atoms with Crippen LogP contribution in [0.15, 0.2) is 18.5 Å². The Hall–Kier alpha value is -1.99. The second-order valence-electron chi connectivity index (χ2n) is 6.75. The first-order valence-electron chi connectivity index (χ1n) is 8.94. The fraction of sp³-hybridized carbons (Fsp3) is 0.611. The topological polar surface area (TPSA) is 68.1 Å². The second-order valence-corrected chi connectivity index (χ2v) is 6.75. The van der Waals surface area contributed by atoms with Gasteiger partial charge in [-0.15, -0.1) is 0 Å². The lowest BCUT2D eigenvalue weighted by atomic mass is 10.1. The van der Waals surface area contributed by atoms with Gasteiger partial charge in [0.05, 0.1) is 11.4 Å². The Labute approximate surface area is 149 Å². The van der Waals surface area contributed by atoms with Gasteiger partial charge >= 0.3 is 0 Å². The summed E-state index contributed by atoms with van der Waals surface area (Å²) in [5.74, 6) is 1.34. The minimum absolute atomic E-state index is 0.648. The van der Waals surface area contributed by atoms with Crippen LogP contribution < -0.4 is 5.32 Å². The van der Waals surface area contributed by atoms with Crippen molar-refractivity contribution in [1.29, 1.82) is 0 Å². The van der Waals surface area contributed by atoms with Gasteiger partial charge in [0.1, 0.15) is 0 Å². The maximum absolute atomic E-state index is 5.13. The van der Waals surface area contributed by atoms with Crippen LogP contribution in [-0.2, 0) is 11.8 Å². The van der Waals surface area contributed by atoms with Gasteiger partial charge in [0, 0.05) is 58.4 Å². The van der Waals surface area contributed by atoms with E-state index in [0.717, 1.165) is 49.6 Å². The molecule has 1 saturated heterocycles. The van der Waals surface area contributed by atoms with E-state index >= 15 is 0 Å². The van der Waals surface area contributed by atoms with Crippen LogP contribution in [-0.4, -0.2) is 64.5 Å². The number of rotatable bonds is 8. The molecule has 0 aromatic carbocycles. The molecule has 1 N–H and O–H groups in total. The standard InChI is InChI=1S/C18H28N6O/c1-14-16(13-23(2)22-14)17-5-7-19-18(21-17)20-11-15-6-9-24(12-15)8-4-10-25-3/h5,7,13,15H,4,6,8-12H2,1-3H3,(H,19,20,21). The number of aromatic nitrogens is 4. The number of nitrogens with zero attached hydrogens (tertiary/aromatic N) is 5. The van der Waals surface area contributed by atoms with Crippen molar-refractivity contribution < 1.29 is 4.74 Å². The first-order chi connectivity index (χ1) is 12.2. The van der Waals surface area contributed by atoms with Crippen molar-refractivity contribution in [2.45, 2.75) is 19.8 Å². The molecule has 0 spiro atoms. The summed E-state index contributed by atoms with van der Waals surface area (Å²) in [6.45, 7) is 7.19. The molecule has 7 heteroatoms. The van der Waals surface area contributed by atoms with E-state index in [9.17, 15) is 0 Å². The summed E-state index contributed by atoms with van der Waals surface area (Å²) in [6, 6.07) is 1.93. The van der Waals surface area contributed by atoms with Crippen LogP contribution in [0.2, 0.25) is 0 Å². The molecule has 1 unspecified atom stereocenters. The molecular weight excluding hydrogens is 316 g/mol. The number of nitrogens with one attached hydrogen (secondary N) is 1. The maximum atomic E-state index is 5.13. The summed E-state index contributed by atoms with van der Waals surface area (Å²) in [6.07, 6.45) is 6.13. The van der Waals surface area contributed by atoms with Crippen LogP contribution >= 0.6 is 0 Å². The van der Waals surface area contributed by atoms with Crippen molar-refractivity contribution in [1.82, 2.24) is 24.6 Å². The van der Waals surface area contributed by atoms with E-state index in [0.29, 0.717) is 11.9 Å². The van der Waals surface area contributed by atoms with Crippen LogP contribution in [0.25, 0.3) is 11.3 Å². The molecule has 2 aromatic heterocycles. The highest BCUT2D eigenvalue weighted by molar-refractivity contribution is 5.61. The SMILES string of the molecule is COCCCN1CCC(CNc2nccc(-c3cn(C)nc3C)n2)C1. The molecule has 0 amide bonds. The molecule has 3 heterocycles. The molecule has 0 radical (unpaired) electrons. The number of hydrogen-bond acceptors (Lipinski definition) is 6. The van der Waals surface area contributed by atoms with Crippen molar-refractivity contribution in [2.24, 2.45) is 13.0 Å². The highest BCUT2D eigenvalue weighted by atomic mass is 16.5. The lowest BCUT2D eigenvalue weighted by molar-refractivity contribution is 0.178. The second kappa shape index (κ2) is 8.40. The fourth-order valence-corrected chi connectivity index (χ4v) is 3.40. The average molecular weight is 344 g/mol. The third-order valence-electron chi connectivity index (χ3n) is 4.69. The van der Waals surface area contributed by atoms with E-state index in [1.807, 2.05) is 37.1 Å². The number of ether oxygens (including phenoxy) is 1. The minimum atomic E-state index is 0.648. The van der Waals surface area contributed by atoms with Gasteiger partial charge in [0.25, 0.3) is 0 Å². The molecule has 136 valence electrons. The Kier molecular flexibility index (Phi) is 5.99. The molecule has 1 atom stereocenters. The molecule has 0 bridgehead atoms. The quantitative estimate of drug-likeness (QED) is 0.738. The Morgan fingerprint density at radius 3 is 3.04 bits per heavy atom. The number of anilines is 1. The van der Waals surface area contributed by atoms with Gasteiger partial charge < -0.3 is 15.0 Å². The largest absolute Gasteiger partial charge is 0.385 e. The van der Waals surface area contributed by atoms with Gasteiger partial charge in [-0.05, 0) is 38.3 Å². The van der Waals surface area contributed by atoms with Gasteiger partial charge in [-0.25, -0.2) is 9.97 Å². The molecule has 3 rings (SSSR count). The molecule has 1 fully saturated rings. The van der Waals surface area contributed by atoms with Crippen LogP contribution in [0.5, 0.6) is 0 Å². The first-order valence-corrected chi connectivity index (χ1v) is 8.94. The van der Waals surface area contributed by atoms with E-state index in [-0.39, 0.29) is 0 Å². The summed E-state index contributed by atoms with van der Waals surface area (Å²) in [5, 5.41) is 7.80. The number of hydrogen-bond donors (Lipinski definition) is 1. The highest BCUT2D eigenvalue weighted by Crippen LogP contribution is 2.21. The molecule has 1 aliphatic rings. The maximum Gasteiger partial charge on any atom is 0.223 e. The molecule has 1 aliphatic heterocycles. The fourth-order valence-electron chi connectivity index (χ4n) is 3.40. The third-order valence-corrected chi connectivity index (χ3v) is 4.69. The Morgan fingerprint density at radius 1 is 1.40 bits per heavy atom. The summed E-state index contributed by atoms with van der Waals surface area (Å²) in [5.41, 5.74) is 2.95. The average Bonchev–Trinajstić information content (AvgIpc) is 3.19. The highest BCUT2D eigenvalue weighted by Gasteiger charge is 2.22. The zero-order valence-electron chi connectivity index (χ0n) is 15.4. The van der Waals surface area contributed by atoms with Gasteiger partial charge in [-0.2, -0.15) is 5.10 Å². The van der Waals surface area contributed by atoms with Crippen molar-refractivity contribution >= 4 is 5.95 Å². The van der Waals surface area contributed by atoms with E-state index in [2.05, 4.69) is 25.3 Å². The van der Waals surface area contributed by atoms with E-state index < -0.39 is 0 Å². The predicted molar refractivity (Wildman–Crippen MR) is 98.5 cm³/mol. The molecular formula is C18H28N6O. The lowest BCUT2D eigenvalue weighted by Gasteiger charge is -2.16. The van der Waals surface area contributed by atoms with E-state index in [1.165, 1.54) is 13.0 Å². The zero-order chi connectivity index (χ0) is 17.6. The smallest absolute Gasteiger partial charge is 0.223 e. The molecule has 0 aliphatic carbocycles. The van der Waals surface area contributed by atoms with Gasteiger partial charge in [-0.1, -0.05) is 0 Å². The number of aryl methyl sites for hydroxylation is 2. The van der Waals surface area contributed by atoms with Gasteiger partial charge in [0.2, 0.25) is 5.95 Å². The van der Waals surface area contributed by atoms with Gasteiger partial charge in [0.15, 0.2) is 0 Å². The van der Waals surface area contributed by atoms with Crippen LogP contribution in [0, 0.1) is 12.8 Å². The minimum Gasteiger partial charge on any atom is -0.385 e. The van der Waals surface area contributed by atoms with Crippen molar-refractivity contribution in [3.05, 3.63) is 24.2 Å². The lowest BCUT2D eigenvalue weighted by Crippen LogP contribution is -2.25. The van der Waals surface area contributed by atoms with Crippen molar-refractivity contribution in [3.63, 3.8) is 0 Å². The van der Waals surface area contributed by atoms with Crippen LogP contribution in [0.4, 0.5) is 5.95 Å². The normalized spacial score (nSPS) is 18.0. The summed E-state index contributed by atoms with van der Waals surface area (Å²) < 4.78 is 6.95. The monoisotopic (exact) mass is 344 g/mol. The number of likely N-dealkylation sites (tertiary alicyclic amines) is 1. The van der Waals surface area contributed by atoms with E-state index in [1.54, 1.807) is 7.11 Å². The molecule has 7 nitrogen and oxygen atoms in total. The van der Waals surface area contributed by atoms with Crippen molar-refractivity contribution in [2.75, 3.05) is 45.2 Å². The molecule has 0 saturated carbocycles. The van der Waals surface area contributed by atoms with Crippen LogP contribution in [0.1, 0.15) is 18.5 Å². The summed E-state index contributed by atoms with van der Waals surface area (Å²) >= 11 is 0. The molecule has 2 aromatic rings. The van der Waals surface area contributed by atoms with Crippen LogP contribution in [0.3, 0.4) is 0 Å².